The average molecular weight is 490 g/mol. The Kier molecular flexibility index (Phi) is 11.7. The van der Waals surface area contributed by atoms with Crippen molar-refractivity contribution < 1.29 is 28.9 Å². The largest absolute Gasteiger partial charge is 0.491 e. The van der Waals surface area contributed by atoms with Crippen LogP contribution in [0.1, 0.15) is 24.3 Å². The molecular weight excluding hydrogens is 450 g/mol. The highest BCUT2D eigenvalue weighted by Gasteiger charge is 2.31. The van der Waals surface area contributed by atoms with Gasteiger partial charge in [-0.2, -0.15) is 0 Å². The van der Waals surface area contributed by atoms with Crippen LogP contribution < -0.4 is 10.1 Å². The molecule has 0 atom stereocenters. The summed E-state index contributed by atoms with van der Waals surface area (Å²) in [4.78, 5) is 30.0. The number of nitrogens with zero attached hydrogens (tertiary/aromatic N) is 2. The zero-order valence-electron chi connectivity index (χ0n) is 20.7. The lowest BCUT2D eigenvalue weighted by Crippen LogP contribution is -2.48. The molecule has 1 saturated carbocycles. The number of benzene rings is 1. The number of allylic oxidation sites excluding steroid dienone is 1. The number of ether oxygens (including phenoxy) is 3. The molecular formula is C26H39N3O6. The molecule has 0 bridgehead atoms. The van der Waals surface area contributed by atoms with Gasteiger partial charge in [-0.3, -0.25) is 19.4 Å². The number of rotatable bonds is 14. The Hall–Kier alpha value is -2.30. The number of aliphatic hydroxyl groups is 1. The molecule has 2 N–H and O–H groups in total. The van der Waals surface area contributed by atoms with E-state index in [9.17, 15) is 9.59 Å². The molecule has 0 radical (unpaired) electrons. The first kappa shape index (κ1) is 27.3. The number of β-amino-alcohol motifs (C(OH)–C–C–N with tert-alkyl or cyclic N) is 1. The second kappa shape index (κ2) is 15.0. The Balaban J connectivity index is 1.38. The molecule has 9 nitrogen and oxygen atoms in total. The molecule has 3 rings (SSSR count). The molecule has 2 aliphatic rings. The van der Waals surface area contributed by atoms with E-state index in [1.165, 1.54) is 0 Å². The quantitative estimate of drug-likeness (QED) is 0.224. The average Bonchev–Trinajstić information content (AvgIpc) is 2.86. The van der Waals surface area contributed by atoms with Crippen LogP contribution in [0.25, 0.3) is 0 Å². The summed E-state index contributed by atoms with van der Waals surface area (Å²) in [5.74, 6) is 0.417. The lowest BCUT2D eigenvalue weighted by atomic mass is 9.80. The zero-order chi connectivity index (χ0) is 24.9. The number of hydrogen-bond donors (Lipinski definition) is 2. The van der Waals surface area contributed by atoms with Gasteiger partial charge in [-0.15, -0.1) is 0 Å². The topological polar surface area (TPSA) is 101 Å². The Bertz CT molecular complexity index is 801. The predicted octanol–water partition coefficient (Wildman–Crippen LogP) is 0.827. The number of carbonyl (C=O) groups is 2. The molecule has 0 amide bonds. The molecule has 1 aromatic rings. The fourth-order valence-electron chi connectivity index (χ4n) is 4.37. The minimum Gasteiger partial charge on any atom is -0.491 e. The molecule has 0 unspecified atom stereocenters. The monoisotopic (exact) mass is 489 g/mol. The number of piperazine rings is 1. The van der Waals surface area contributed by atoms with Crippen molar-refractivity contribution in [2.24, 2.45) is 0 Å². The zero-order valence-corrected chi connectivity index (χ0v) is 20.7. The second-order valence-corrected chi connectivity index (χ2v) is 8.89. The summed E-state index contributed by atoms with van der Waals surface area (Å²) in [6.07, 6.45) is 2.27. The molecule has 194 valence electrons. The van der Waals surface area contributed by atoms with E-state index in [0.717, 1.165) is 50.6 Å². The van der Waals surface area contributed by atoms with Crippen molar-refractivity contribution in [2.45, 2.75) is 18.8 Å². The van der Waals surface area contributed by atoms with Crippen molar-refractivity contribution in [1.29, 1.82) is 0 Å². The van der Waals surface area contributed by atoms with E-state index in [4.69, 9.17) is 19.3 Å². The van der Waals surface area contributed by atoms with E-state index in [1.54, 1.807) is 13.3 Å². The Morgan fingerprint density at radius 1 is 0.943 bits per heavy atom. The Morgan fingerprint density at radius 3 is 2.20 bits per heavy atom. The van der Waals surface area contributed by atoms with E-state index in [-0.39, 0.29) is 29.7 Å². The van der Waals surface area contributed by atoms with E-state index in [0.29, 0.717) is 45.8 Å². The van der Waals surface area contributed by atoms with Gasteiger partial charge in [0.05, 0.1) is 32.0 Å². The first-order valence-corrected chi connectivity index (χ1v) is 12.5. The van der Waals surface area contributed by atoms with E-state index in [1.807, 2.05) is 24.3 Å². The van der Waals surface area contributed by atoms with Crippen molar-refractivity contribution in [3.05, 3.63) is 41.6 Å². The van der Waals surface area contributed by atoms with Crippen LogP contribution in [-0.2, 0) is 19.1 Å². The third-order valence-corrected chi connectivity index (χ3v) is 6.44. The highest BCUT2D eigenvalue weighted by atomic mass is 16.5. The first-order valence-electron chi connectivity index (χ1n) is 12.5. The van der Waals surface area contributed by atoms with Crippen LogP contribution in [0.4, 0.5) is 0 Å². The number of hydrogen-bond acceptors (Lipinski definition) is 9. The van der Waals surface area contributed by atoms with Crippen molar-refractivity contribution in [1.82, 2.24) is 15.1 Å². The number of nitrogens with one attached hydrogen (secondary N) is 1. The Morgan fingerprint density at radius 2 is 1.57 bits per heavy atom. The molecule has 2 fully saturated rings. The van der Waals surface area contributed by atoms with Crippen molar-refractivity contribution in [3.8, 4) is 5.75 Å². The molecule has 1 aliphatic heterocycles. The summed E-state index contributed by atoms with van der Waals surface area (Å²) in [6, 6.07) is 7.60. The van der Waals surface area contributed by atoms with Crippen LogP contribution in [0, 0.1) is 0 Å². The molecule has 0 aromatic heterocycles. The summed E-state index contributed by atoms with van der Waals surface area (Å²) in [7, 11) is 1.63. The number of aliphatic hydroxyl groups excluding tert-OH is 1. The SMILES string of the molecule is COCCOCCOc1ccc(C2CC(=O)C(=CNCCN3CCN(CCO)CC3)C(=O)C2)cc1. The number of methoxy groups -OCH3 is 1. The molecule has 1 aromatic carbocycles. The van der Waals surface area contributed by atoms with Gasteiger partial charge < -0.3 is 24.6 Å². The maximum atomic E-state index is 12.7. The molecule has 0 spiro atoms. The number of Topliss-reactive ketones (excluding diaryl/α,β-unsaturated/α-hetero) is 2. The lowest BCUT2D eigenvalue weighted by molar-refractivity contribution is -0.124. The second-order valence-electron chi connectivity index (χ2n) is 8.89. The highest BCUT2D eigenvalue weighted by Crippen LogP contribution is 2.32. The molecule has 35 heavy (non-hydrogen) atoms. The van der Waals surface area contributed by atoms with Gasteiger partial charge in [-0.25, -0.2) is 0 Å². The molecule has 9 heteroatoms. The molecule has 1 saturated heterocycles. The van der Waals surface area contributed by atoms with E-state index in [2.05, 4.69) is 15.1 Å². The van der Waals surface area contributed by atoms with Crippen LogP contribution in [0.15, 0.2) is 36.0 Å². The van der Waals surface area contributed by atoms with Gasteiger partial charge in [0, 0.05) is 72.0 Å². The minimum absolute atomic E-state index is 0.103. The van der Waals surface area contributed by atoms with Crippen molar-refractivity contribution >= 4 is 11.6 Å². The predicted molar refractivity (Wildman–Crippen MR) is 133 cm³/mol. The van der Waals surface area contributed by atoms with Gasteiger partial charge in [0.25, 0.3) is 0 Å². The van der Waals surface area contributed by atoms with E-state index >= 15 is 0 Å². The highest BCUT2D eigenvalue weighted by molar-refractivity contribution is 6.22. The first-order chi connectivity index (χ1) is 17.1. The number of ketones is 2. The Labute approximate surface area is 208 Å². The van der Waals surface area contributed by atoms with Crippen molar-refractivity contribution in [2.75, 3.05) is 86.0 Å². The lowest BCUT2D eigenvalue weighted by Gasteiger charge is -2.34. The fourth-order valence-corrected chi connectivity index (χ4v) is 4.37. The minimum atomic E-state index is -0.107. The summed E-state index contributed by atoms with van der Waals surface area (Å²) in [6.45, 7) is 8.34. The maximum Gasteiger partial charge on any atom is 0.168 e. The number of carbonyl (C=O) groups excluding carboxylic acids is 2. The van der Waals surface area contributed by atoms with Crippen LogP contribution >= 0.6 is 0 Å². The summed E-state index contributed by atoms with van der Waals surface area (Å²) in [5, 5.41) is 12.2. The van der Waals surface area contributed by atoms with Gasteiger partial charge in [0.1, 0.15) is 12.4 Å². The smallest absolute Gasteiger partial charge is 0.168 e. The van der Waals surface area contributed by atoms with Gasteiger partial charge in [0.15, 0.2) is 11.6 Å². The summed E-state index contributed by atoms with van der Waals surface area (Å²) >= 11 is 0. The van der Waals surface area contributed by atoms with Crippen LogP contribution in [-0.4, -0.2) is 112 Å². The summed E-state index contributed by atoms with van der Waals surface area (Å²) in [5.41, 5.74) is 1.25. The molecule has 1 heterocycles. The van der Waals surface area contributed by atoms with Gasteiger partial charge in [-0.05, 0) is 23.6 Å². The van der Waals surface area contributed by atoms with Crippen molar-refractivity contribution in [3.63, 3.8) is 0 Å². The standard InChI is InChI=1S/C26H39N3O6/c1-33-14-15-34-16-17-35-23-4-2-21(3-5-23)22-18-25(31)24(26(32)19-22)20-27-6-7-28-8-10-29(11-9-28)12-13-30/h2-5,20,22,27,30H,6-19H2,1H3. The third kappa shape index (κ3) is 9.01. The fraction of sp³-hybridized carbons (Fsp3) is 0.615. The van der Waals surface area contributed by atoms with Crippen LogP contribution in [0.5, 0.6) is 5.75 Å². The van der Waals surface area contributed by atoms with E-state index < -0.39 is 0 Å². The van der Waals surface area contributed by atoms with Crippen LogP contribution in [0.2, 0.25) is 0 Å². The van der Waals surface area contributed by atoms with Gasteiger partial charge in [0.2, 0.25) is 0 Å². The normalized spacial score (nSPS) is 19.7. The van der Waals surface area contributed by atoms with Crippen LogP contribution in [0.3, 0.4) is 0 Å². The molecule has 1 aliphatic carbocycles. The van der Waals surface area contributed by atoms with Gasteiger partial charge in [-0.1, -0.05) is 12.1 Å². The van der Waals surface area contributed by atoms with Gasteiger partial charge >= 0.3 is 0 Å². The third-order valence-electron chi connectivity index (χ3n) is 6.44. The summed E-state index contributed by atoms with van der Waals surface area (Å²) < 4.78 is 16.0. The maximum absolute atomic E-state index is 12.7.